The Morgan fingerprint density at radius 2 is 1.81 bits per heavy atom. The number of ether oxygens (including phenoxy) is 3. The number of aryl methyl sites for hydroxylation is 3. The second-order valence-corrected chi connectivity index (χ2v) is 5.13. The fourth-order valence-corrected chi connectivity index (χ4v) is 2.20. The Morgan fingerprint density at radius 3 is 2.33 bits per heavy atom. The Bertz CT molecular complexity index is 445. The summed E-state index contributed by atoms with van der Waals surface area (Å²) < 4.78 is 15.4. The molecule has 1 rings (SSSR count). The monoisotopic (exact) mass is 294 g/mol. The molecule has 1 unspecified atom stereocenters. The highest BCUT2D eigenvalue weighted by Crippen LogP contribution is 2.18. The van der Waals surface area contributed by atoms with Gasteiger partial charge in [0, 0.05) is 7.11 Å². The van der Waals surface area contributed by atoms with Crippen molar-refractivity contribution < 1.29 is 19.0 Å². The van der Waals surface area contributed by atoms with Gasteiger partial charge in [0.15, 0.2) is 6.29 Å². The van der Waals surface area contributed by atoms with Crippen LogP contribution in [-0.2, 0) is 31.8 Å². The van der Waals surface area contributed by atoms with Gasteiger partial charge in [-0.05, 0) is 49.4 Å². The molecule has 0 fully saturated rings. The predicted octanol–water partition coefficient (Wildman–Crippen LogP) is 2.96. The quantitative estimate of drug-likeness (QED) is 0.420. The Labute approximate surface area is 127 Å². The SMILES string of the molecule is CCc1cc(C)c(CC(=O)OCCOC(C)OC)c(C)c1. The van der Waals surface area contributed by atoms with Gasteiger partial charge in [-0.2, -0.15) is 0 Å². The highest BCUT2D eigenvalue weighted by atomic mass is 16.7. The van der Waals surface area contributed by atoms with Crippen molar-refractivity contribution in [2.24, 2.45) is 0 Å². The average Bonchev–Trinajstić information content (AvgIpc) is 2.46. The Balaban J connectivity index is 2.48. The van der Waals surface area contributed by atoms with E-state index in [-0.39, 0.29) is 18.9 Å². The summed E-state index contributed by atoms with van der Waals surface area (Å²) in [6, 6.07) is 4.28. The lowest BCUT2D eigenvalue weighted by atomic mass is 9.96. The molecule has 21 heavy (non-hydrogen) atoms. The third kappa shape index (κ3) is 5.86. The molecule has 0 N–H and O–H groups in total. The molecule has 0 aliphatic carbocycles. The maximum atomic E-state index is 11.9. The van der Waals surface area contributed by atoms with Gasteiger partial charge in [-0.1, -0.05) is 19.1 Å². The molecule has 0 saturated carbocycles. The first kappa shape index (κ1) is 17.7. The molecule has 1 atom stereocenters. The van der Waals surface area contributed by atoms with Crippen molar-refractivity contribution in [3.05, 3.63) is 34.4 Å². The zero-order chi connectivity index (χ0) is 15.8. The fraction of sp³-hybridized carbons (Fsp3) is 0.588. The van der Waals surface area contributed by atoms with Gasteiger partial charge in [0.25, 0.3) is 0 Å². The molecule has 0 heterocycles. The van der Waals surface area contributed by atoms with Gasteiger partial charge in [-0.25, -0.2) is 0 Å². The van der Waals surface area contributed by atoms with E-state index in [1.165, 1.54) is 5.56 Å². The number of hydrogen-bond donors (Lipinski definition) is 0. The van der Waals surface area contributed by atoms with Crippen molar-refractivity contribution in [2.75, 3.05) is 20.3 Å². The van der Waals surface area contributed by atoms with Crippen LogP contribution in [-0.4, -0.2) is 32.6 Å². The van der Waals surface area contributed by atoms with Crippen LogP contribution in [0.25, 0.3) is 0 Å². The summed E-state index contributed by atoms with van der Waals surface area (Å²) >= 11 is 0. The van der Waals surface area contributed by atoms with Crippen LogP contribution in [0.5, 0.6) is 0 Å². The Hall–Kier alpha value is -1.39. The van der Waals surface area contributed by atoms with Crippen molar-refractivity contribution in [3.63, 3.8) is 0 Å². The van der Waals surface area contributed by atoms with Crippen molar-refractivity contribution in [1.29, 1.82) is 0 Å². The van der Waals surface area contributed by atoms with E-state index in [4.69, 9.17) is 14.2 Å². The number of rotatable bonds is 8. The third-order valence-electron chi connectivity index (χ3n) is 3.52. The molecule has 0 saturated heterocycles. The number of methoxy groups -OCH3 is 1. The second-order valence-electron chi connectivity index (χ2n) is 5.13. The van der Waals surface area contributed by atoms with E-state index in [1.807, 2.05) is 13.8 Å². The van der Waals surface area contributed by atoms with Crippen molar-refractivity contribution >= 4 is 5.97 Å². The molecule has 0 amide bonds. The summed E-state index contributed by atoms with van der Waals surface area (Å²) in [5.41, 5.74) is 4.65. The normalized spacial score (nSPS) is 12.2. The summed E-state index contributed by atoms with van der Waals surface area (Å²) in [6.07, 6.45) is 1.03. The highest BCUT2D eigenvalue weighted by Gasteiger charge is 2.11. The smallest absolute Gasteiger partial charge is 0.310 e. The lowest BCUT2D eigenvalue weighted by molar-refractivity contribution is -0.151. The Morgan fingerprint density at radius 1 is 1.19 bits per heavy atom. The highest BCUT2D eigenvalue weighted by molar-refractivity contribution is 5.73. The van der Waals surface area contributed by atoms with Crippen molar-refractivity contribution in [1.82, 2.24) is 0 Å². The standard InChI is InChI=1S/C17H26O4/c1-6-15-9-12(2)16(13(3)10-15)11-17(18)21-8-7-20-14(4)19-5/h9-10,14H,6-8,11H2,1-5H3. The van der Waals surface area contributed by atoms with E-state index < -0.39 is 0 Å². The minimum Gasteiger partial charge on any atom is -0.463 e. The zero-order valence-corrected chi connectivity index (χ0v) is 13.7. The first-order valence-electron chi connectivity index (χ1n) is 7.37. The number of carbonyl (C=O) groups is 1. The van der Waals surface area contributed by atoms with Crippen LogP contribution in [0.1, 0.15) is 36.1 Å². The maximum absolute atomic E-state index is 11.9. The summed E-state index contributed by atoms with van der Waals surface area (Å²) in [7, 11) is 1.57. The largest absolute Gasteiger partial charge is 0.463 e. The van der Waals surface area contributed by atoms with Gasteiger partial charge < -0.3 is 14.2 Å². The lowest BCUT2D eigenvalue weighted by Gasteiger charge is -2.13. The zero-order valence-electron chi connectivity index (χ0n) is 13.7. The van der Waals surface area contributed by atoms with Crippen LogP contribution in [0.4, 0.5) is 0 Å². The molecule has 4 nitrogen and oxygen atoms in total. The molecule has 0 aromatic heterocycles. The maximum Gasteiger partial charge on any atom is 0.310 e. The minimum atomic E-state index is -0.283. The molecule has 1 aromatic rings. The van der Waals surface area contributed by atoms with Crippen molar-refractivity contribution in [3.8, 4) is 0 Å². The van der Waals surface area contributed by atoms with E-state index >= 15 is 0 Å². The van der Waals surface area contributed by atoms with E-state index in [2.05, 4.69) is 19.1 Å². The lowest BCUT2D eigenvalue weighted by Crippen LogP contribution is -2.17. The summed E-state index contributed by atoms with van der Waals surface area (Å²) in [4.78, 5) is 11.9. The number of benzene rings is 1. The number of carbonyl (C=O) groups excluding carboxylic acids is 1. The van der Waals surface area contributed by atoms with Gasteiger partial charge in [-0.3, -0.25) is 4.79 Å². The molecule has 4 heteroatoms. The third-order valence-corrected chi connectivity index (χ3v) is 3.52. The van der Waals surface area contributed by atoms with Crippen LogP contribution in [0.2, 0.25) is 0 Å². The van der Waals surface area contributed by atoms with E-state index in [9.17, 15) is 4.79 Å². The average molecular weight is 294 g/mol. The van der Waals surface area contributed by atoms with Gasteiger partial charge in [0.1, 0.15) is 6.61 Å². The molecule has 118 valence electrons. The van der Waals surface area contributed by atoms with E-state index in [0.29, 0.717) is 13.0 Å². The Kier molecular flexibility index (Phi) is 7.40. The molecular formula is C17H26O4. The van der Waals surface area contributed by atoms with Crippen LogP contribution in [0.15, 0.2) is 12.1 Å². The number of hydrogen-bond acceptors (Lipinski definition) is 4. The summed E-state index contributed by atoms with van der Waals surface area (Å²) in [6.45, 7) is 8.59. The first-order valence-corrected chi connectivity index (χ1v) is 7.37. The molecule has 1 aromatic carbocycles. The summed E-state index contributed by atoms with van der Waals surface area (Å²) in [5, 5.41) is 0. The van der Waals surface area contributed by atoms with Gasteiger partial charge >= 0.3 is 5.97 Å². The topological polar surface area (TPSA) is 44.8 Å². The number of esters is 1. The van der Waals surface area contributed by atoms with Gasteiger partial charge in [0.2, 0.25) is 0 Å². The van der Waals surface area contributed by atoms with Gasteiger partial charge in [-0.15, -0.1) is 0 Å². The van der Waals surface area contributed by atoms with E-state index in [0.717, 1.165) is 23.1 Å². The van der Waals surface area contributed by atoms with Crippen LogP contribution in [0.3, 0.4) is 0 Å². The molecular weight excluding hydrogens is 268 g/mol. The summed E-state index contributed by atoms with van der Waals surface area (Å²) in [5.74, 6) is -0.223. The minimum absolute atomic E-state index is 0.223. The first-order chi connectivity index (χ1) is 9.97. The molecule has 0 radical (unpaired) electrons. The van der Waals surface area contributed by atoms with Crippen molar-refractivity contribution in [2.45, 2.75) is 46.8 Å². The van der Waals surface area contributed by atoms with Crippen LogP contribution >= 0.6 is 0 Å². The fourth-order valence-electron chi connectivity index (χ4n) is 2.20. The second kappa shape index (κ2) is 8.80. The molecule has 0 aliphatic heterocycles. The van der Waals surface area contributed by atoms with Gasteiger partial charge in [0.05, 0.1) is 13.0 Å². The predicted molar refractivity (Wildman–Crippen MR) is 82.4 cm³/mol. The van der Waals surface area contributed by atoms with Crippen LogP contribution in [0, 0.1) is 13.8 Å². The van der Waals surface area contributed by atoms with E-state index in [1.54, 1.807) is 14.0 Å². The molecule has 0 aliphatic rings. The molecule has 0 spiro atoms. The molecule has 0 bridgehead atoms. The van der Waals surface area contributed by atoms with Crippen LogP contribution < -0.4 is 0 Å².